The maximum atomic E-state index is 12.3. The second kappa shape index (κ2) is 5.37. The fraction of sp³-hybridized carbons (Fsp3) is 0.533. The number of methoxy groups -OCH3 is 1. The van der Waals surface area contributed by atoms with Crippen LogP contribution in [0.3, 0.4) is 0 Å². The van der Waals surface area contributed by atoms with E-state index in [1.54, 1.807) is 0 Å². The Morgan fingerprint density at radius 1 is 1.50 bits per heavy atom. The Morgan fingerprint density at radius 3 is 2.95 bits per heavy atom. The van der Waals surface area contributed by atoms with Crippen molar-refractivity contribution in [1.29, 1.82) is 0 Å². The SMILES string of the molecule is COC(=O)C1(Nc2cccc(Br)c2)CCN(C2CC2)C1. The highest BCUT2D eigenvalue weighted by molar-refractivity contribution is 9.10. The molecule has 1 unspecified atom stereocenters. The first-order valence-corrected chi connectivity index (χ1v) is 7.78. The van der Waals surface area contributed by atoms with Crippen LogP contribution in [0.15, 0.2) is 28.7 Å². The number of ether oxygens (including phenoxy) is 1. The quantitative estimate of drug-likeness (QED) is 0.857. The topological polar surface area (TPSA) is 41.6 Å². The third-order valence-electron chi connectivity index (χ3n) is 4.15. The third-order valence-corrected chi connectivity index (χ3v) is 4.64. The van der Waals surface area contributed by atoms with Gasteiger partial charge in [0.1, 0.15) is 5.54 Å². The van der Waals surface area contributed by atoms with E-state index in [2.05, 4.69) is 26.1 Å². The lowest BCUT2D eigenvalue weighted by Crippen LogP contribution is -2.49. The summed E-state index contributed by atoms with van der Waals surface area (Å²) in [5.74, 6) is -0.166. The van der Waals surface area contributed by atoms with Crippen LogP contribution in [-0.4, -0.2) is 42.6 Å². The van der Waals surface area contributed by atoms with Crippen LogP contribution < -0.4 is 5.32 Å². The Morgan fingerprint density at radius 2 is 2.30 bits per heavy atom. The Balaban J connectivity index is 1.81. The molecule has 108 valence electrons. The van der Waals surface area contributed by atoms with Crippen molar-refractivity contribution >= 4 is 27.6 Å². The number of likely N-dealkylation sites (tertiary alicyclic amines) is 1. The number of nitrogens with zero attached hydrogens (tertiary/aromatic N) is 1. The molecule has 5 heteroatoms. The number of esters is 1. The highest BCUT2D eigenvalue weighted by atomic mass is 79.9. The van der Waals surface area contributed by atoms with Gasteiger partial charge in [0.2, 0.25) is 0 Å². The van der Waals surface area contributed by atoms with E-state index in [0.717, 1.165) is 29.7 Å². The molecule has 0 bridgehead atoms. The highest BCUT2D eigenvalue weighted by Gasteiger charge is 2.49. The molecule has 4 nitrogen and oxygen atoms in total. The maximum Gasteiger partial charge on any atom is 0.332 e. The summed E-state index contributed by atoms with van der Waals surface area (Å²) in [5.41, 5.74) is 0.334. The summed E-state index contributed by atoms with van der Waals surface area (Å²) in [6.07, 6.45) is 3.31. The molecule has 0 amide bonds. The molecule has 1 saturated carbocycles. The number of anilines is 1. The highest BCUT2D eigenvalue weighted by Crippen LogP contribution is 2.36. The number of nitrogens with one attached hydrogen (secondary N) is 1. The number of carbonyl (C=O) groups is 1. The zero-order valence-electron chi connectivity index (χ0n) is 11.6. The van der Waals surface area contributed by atoms with E-state index in [0.29, 0.717) is 6.04 Å². The molecule has 2 fully saturated rings. The fourth-order valence-electron chi connectivity index (χ4n) is 2.95. The summed E-state index contributed by atoms with van der Waals surface area (Å²) >= 11 is 3.46. The fourth-order valence-corrected chi connectivity index (χ4v) is 3.35. The van der Waals surface area contributed by atoms with E-state index in [-0.39, 0.29) is 5.97 Å². The maximum absolute atomic E-state index is 12.3. The van der Waals surface area contributed by atoms with E-state index < -0.39 is 5.54 Å². The summed E-state index contributed by atoms with van der Waals surface area (Å²) in [6, 6.07) is 8.58. The Hall–Kier alpha value is -1.07. The van der Waals surface area contributed by atoms with E-state index in [4.69, 9.17) is 4.74 Å². The van der Waals surface area contributed by atoms with Crippen LogP contribution in [0.4, 0.5) is 5.69 Å². The Kier molecular flexibility index (Phi) is 3.73. The molecule has 1 atom stereocenters. The minimum atomic E-state index is -0.613. The van der Waals surface area contributed by atoms with Crippen molar-refractivity contribution in [3.63, 3.8) is 0 Å². The van der Waals surface area contributed by atoms with Crippen LogP contribution in [0.25, 0.3) is 0 Å². The smallest absolute Gasteiger partial charge is 0.332 e. The van der Waals surface area contributed by atoms with Gasteiger partial charge < -0.3 is 10.1 Å². The first-order chi connectivity index (χ1) is 9.63. The number of carbonyl (C=O) groups excluding carboxylic acids is 1. The number of hydrogen-bond donors (Lipinski definition) is 1. The third kappa shape index (κ3) is 2.69. The minimum absolute atomic E-state index is 0.166. The molecule has 0 spiro atoms. The van der Waals surface area contributed by atoms with Gasteiger partial charge in [0.15, 0.2) is 0 Å². The molecular formula is C15H19BrN2O2. The monoisotopic (exact) mass is 338 g/mol. The second-order valence-corrected chi connectivity index (χ2v) is 6.58. The van der Waals surface area contributed by atoms with Crippen LogP contribution in [0, 0.1) is 0 Å². The second-order valence-electron chi connectivity index (χ2n) is 5.66. The molecule has 1 aliphatic carbocycles. The van der Waals surface area contributed by atoms with E-state index >= 15 is 0 Å². The molecule has 0 aromatic heterocycles. The molecule has 1 saturated heterocycles. The van der Waals surface area contributed by atoms with E-state index in [1.807, 2.05) is 24.3 Å². The van der Waals surface area contributed by atoms with Crippen molar-refractivity contribution in [2.24, 2.45) is 0 Å². The minimum Gasteiger partial charge on any atom is -0.467 e. The first-order valence-electron chi connectivity index (χ1n) is 6.99. The summed E-state index contributed by atoms with van der Waals surface area (Å²) in [5, 5.41) is 3.41. The van der Waals surface area contributed by atoms with Gasteiger partial charge in [-0.2, -0.15) is 0 Å². The number of hydrogen-bond acceptors (Lipinski definition) is 4. The molecular weight excluding hydrogens is 320 g/mol. The summed E-state index contributed by atoms with van der Waals surface area (Å²) < 4.78 is 6.05. The van der Waals surface area contributed by atoms with E-state index in [9.17, 15) is 4.79 Å². The van der Waals surface area contributed by atoms with Crippen LogP contribution >= 0.6 is 15.9 Å². The molecule has 1 N–H and O–H groups in total. The van der Waals surface area contributed by atoms with Gasteiger partial charge in [0.25, 0.3) is 0 Å². The van der Waals surface area contributed by atoms with E-state index in [1.165, 1.54) is 20.0 Å². The molecule has 1 heterocycles. The Labute approximate surface area is 127 Å². The lowest BCUT2D eigenvalue weighted by molar-refractivity contribution is -0.145. The van der Waals surface area contributed by atoms with Gasteiger partial charge in [-0.1, -0.05) is 22.0 Å². The molecule has 1 aromatic carbocycles. The largest absolute Gasteiger partial charge is 0.467 e. The van der Waals surface area contributed by atoms with Crippen molar-refractivity contribution in [2.45, 2.75) is 30.8 Å². The van der Waals surface area contributed by atoms with Gasteiger partial charge in [-0.15, -0.1) is 0 Å². The van der Waals surface area contributed by atoms with Gasteiger partial charge in [0.05, 0.1) is 7.11 Å². The molecule has 1 aromatic rings. The molecule has 2 aliphatic rings. The van der Waals surface area contributed by atoms with Gasteiger partial charge in [-0.25, -0.2) is 4.79 Å². The van der Waals surface area contributed by atoms with Crippen LogP contribution in [0.2, 0.25) is 0 Å². The van der Waals surface area contributed by atoms with Gasteiger partial charge in [-0.05, 0) is 37.5 Å². The molecule has 0 radical (unpaired) electrons. The Bertz CT molecular complexity index is 518. The lowest BCUT2D eigenvalue weighted by atomic mass is 9.98. The number of benzene rings is 1. The lowest BCUT2D eigenvalue weighted by Gasteiger charge is -2.29. The molecule has 1 aliphatic heterocycles. The first kappa shape index (κ1) is 13.9. The van der Waals surface area contributed by atoms with Crippen molar-refractivity contribution < 1.29 is 9.53 Å². The van der Waals surface area contributed by atoms with Crippen molar-refractivity contribution in [3.05, 3.63) is 28.7 Å². The normalized spacial score (nSPS) is 26.5. The van der Waals surface area contributed by atoms with Gasteiger partial charge >= 0.3 is 5.97 Å². The molecule has 20 heavy (non-hydrogen) atoms. The summed E-state index contributed by atoms with van der Waals surface area (Å²) in [6.45, 7) is 1.69. The summed E-state index contributed by atoms with van der Waals surface area (Å²) in [7, 11) is 1.46. The van der Waals surface area contributed by atoms with Gasteiger partial charge in [0, 0.05) is 29.3 Å². The number of halogens is 1. The van der Waals surface area contributed by atoms with Crippen LogP contribution in [0.1, 0.15) is 19.3 Å². The average molecular weight is 339 g/mol. The van der Waals surface area contributed by atoms with Crippen molar-refractivity contribution in [2.75, 3.05) is 25.5 Å². The number of rotatable bonds is 4. The van der Waals surface area contributed by atoms with Gasteiger partial charge in [-0.3, -0.25) is 4.90 Å². The van der Waals surface area contributed by atoms with Crippen LogP contribution in [-0.2, 0) is 9.53 Å². The predicted octanol–water partition coefficient (Wildman–Crippen LogP) is 2.64. The van der Waals surface area contributed by atoms with Crippen LogP contribution in [0.5, 0.6) is 0 Å². The van der Waals surface area contributed by atoms with Crippen molar-refractivity contribution in [3.8, 4) is 0 Å². The average Bonchev–Trinajstić information content (AvgIpc) is 3.20. The zero-order chi connectivity index (χ0) is 14.2. The predicted molar refractivity (Wildman–Crippen MR) is 81.7 cm³/mol. The van der Waals surface area contributed by atoms with Crippen molar-refractivity contribution in [1.82, 2.24) is 4.90 Å². The zero-order valence-corrected chi connectivity index (χ0v) is 13.1. The summed E-state index contributed by atoms with van der Waals surface area (Å²) in [4.78, 5) is 14.7. The molecule has 3 rings (SSSR count). The standard InChI is InChI=1S/C15H19BrN2O2/c1-20-14(19)15(7-8-18(10-15)13-5-6-13)17-12-4-2-3-11(16)9-12/h2-4,9,13,17H,5-8,10H2,1H3.